The quantitative estimate of drug-likeness (QED) is 0.270. The molecule has 3 aromatic carbocycles. The minimum Gasteiger partial charge on any atom is -0.493 e. The summed E-state index contributed by atoms with van der Waals surface area (Å²) in [7, 11) is 0. The molecule has 0 spiro atoms. The number of likely N-dealkylation sites (tertiary alicyclic amines) is 1. The number of aliphatic hydroxyl groups is 1. The van der Waals surface area contributed by atoms with Gasteiger partial charge in [0.15, 0.2) is 0 Å². The molecule has 6 nitrogen and oxygen atoms in total. The van der Waals surface area contributed by atoms with E-state index in [-0.39, 0.29) is 11.5 Å². The van der Waals surface area contributed by atoms with Crippen molar-refractivity contribution in [2.45, 2.75) is 31.0 Å². The van der Waals surface area contributed by atoms with Gasteiger partial charge in [-0.2, -0.15) is 18.4 Å². The van der Waals surface area contributed by atoms with Crippen LogP contribution in [0.5, 0.6) is 5.75 Å². The molecule has 1 saturated heterocycles. The number of ether oxygens (including phenoxy) is 1. The summed E-state index contributed by atoms with van der Waals surface area (Å²) in [5, 5.41) is 28.1. The molecule has 1 aliphatic rings. The molecule has 0 radical (unpaired) electrons. The number of alkyl halides is 3. The average Bonchev–Trinajstić information content (AvgIpc) is 2.95. The summed E-state index contributed by atoms with van der Waals surface area (Å²) >= 11 is 0. The Bertz CT molecular complexity index is 1230. The smallest absolute Gasteiger partial charge is 0.490 e. The van der Waals surface area contributed by atoms with Crippen molar-refractivity contribution in [3.8, 4) is 11.8 Å². The molecule has 0 unspecified atom stereocenters. The van der Waals surface area contributed by atoms with Crippen molar-refractivity contribution >= 4 is 5.97 Å². The monoisotopic (exact) mass is 558 g/mol. The van der Waals surface area contributed by atoms with E-state index in [0.29, 0.717) is 12.4 Å². The summed E-state index contributed by atoms with van der Waals surface area (Å²) in [6, 6.07) is 25.9. The van der Waals surface area contributed by atoms with Crippen LogP contribution in [0, 0.1) is 23.1 Å². The van der Waals surface area contributed by atoms with Crippen LogP contribution < -0.4 is 4.74 Å². The van der Waals surface area contributed by atoms with E-state index in [2.05, 4.69) is 4.90 Å². The van der Waals surface area contributed by atoms with Crippen LogP contribution in [-0.2, 0) is 10.4 Å². The molecule has 40 heavy (non-hydrogen) atoms. The molecule has 1 aliphatic heterocycles. The SMILES string of the molecule is N#Cc1cc(F)cc(OCCCN2CCC(C(O)(c3ccccc3)c3ccccc3)CC2)c1.O=C(O)C(F)(F)F. The van der Waals surface area contributed by atoms with Crippen LogP contribution in [0.4, 0.5) is 17.6 Å². The highest BCUT2D eigenvalue weighted by atomic mass is 19.4. The molecule has 1 heterocycles. The van der Waals surface area contributed by atoms with Crippen molar-refractivity contribution in [1.82, 2.24) is 4.90 Å². The van der Waals surface area contributed by atoms with Crippen LogP contribution in [-0.4, -0.2) is 53.5 Å². The van der Waals surface area contributed by atoms with Gasteiger partial charge in [-0.25, -0.2) is 9.18 Å². The standard InChI is InChI=1S/C28H29FN2O2.C2HF3O2/c29-26-18-22(21-30)19-27(20-26)33-17-7-14-31-15-12-25(13-16-31)28(32,23-8-3-1-4-9-23)24-10-5-2-6-11-24;3-2(4,5)1(6)7/h1-6,8-11,18-20,25,32H,7,12-17H2;(H,6,7). The number of hydrogen-bond acceptors (Lipinski definition) is 5. The molecular formula is C30H30F4N2O4. The van der Waals surface area contributed by atoms with Gasteiger partial charge in [-0.05, 0) is 61.5 Å². The normalized spacial score (nSPS) is 14.5. The van der Waals surface area contributed by atoms with E-state index in [1.54, 1.807) is 6.07 Å². The summed E-state index contributed by atoms with van der Waals surface area (Å²) in [6.07, 6.45) is -2.47. The van der Waals surface area contributed by atoms with Gasteiger partial charge in [0, 0.05) is 12.6 Å². The molecule has 212 valence electrons. The zero-order valence-electron chi connectivity index (χ0n) is 21.6. The second kappa shape index (κ2) is 13.9. The van der Waals surface area contributed by atoms with E-state index >= 15 is 0 Å². The van der Waals surface area contributed by atoms with Gasteiger partial charge in [-0.15, -0.1) is 0 Å². The number of carboxylic acids is 1. The maximum absolute atomic E-state index is 13.5. The maximum Gasteiger partial charge on any atom is 0.490 e. The topological polar surface area (TPSA) is 93.8 Å². The minimum absolute atomic E-state index is 0.131. The largest absolute Gasteiger partial charge is 0.493 e. The third kappa shape index (κ3) is 8.28. The number of rotatable bonds is 8. The zero-order chi connectivity index (χ0) is 29.2. The average molecular weight is 559 g/mol. The highest BCUT2D eigenvalue weighted by Gasteiger charge is 2.41. The Morgan fingerprint density at radius 3 is 1.98 bits per heavy atom. The first-order chi connectivity index (χ1) is 19.0. The van der Waals surface area contributed by atoms with Crippen molar-refractivity contribution in [1.29, 1.82) is 5.26 Å². The molecule has 0 bridgehead atoms. The first kappa shape index (κ1) is 30.6. The lowest BCUT2D eigenvalue weighted by atomic mass is 9.72. The molecule has 0 aromatic heterocycles. The van der Waals surface area contributed by atoms with E-state index in [1.165, 1.54) is 12.1 Å². The van der Waals surface area contributed by atoms with Gasteiger partial charge >= 0.3 is 12.1 Å². The highest BCUT2D eigenvalue weighted by molar-refractivity contribution is 5.73. The summed E-state index contributed by atoms with van der Waals surface area (Å²) in [4.78, 5) is 11.3. The lowest BCUT2D eigenvalue weighted by molar-refractivity contribution is -0.192. The number of nitrogens with zero attached hydrogens (tertiary/aromatic N) is 2. The van der Waals surface area contributed by atoms with Gasteiger partial charge in [0.1, 0.15) is 17.2 Å². The third-order valence-corrected chi connectivity index (χ3v) is 6.74. The number of carbonyl (C=O) groups is 1. The number of benzene rings is 3. The van der Waals surface area contributed by atoms with Crippen LogP contribution >= 0.6 is 0 Å². The molecular weight excluding hydrogens is 528 g/mol. The summed E-state index contributed by atoms with van der Waals surface area (Å²) in [5.41, 5.74) is 1.13. The number of carboxylic acid groups (broad SMARTS) is 1. The molecule has 0 atom stereocenters. The number of nitriles is 1. The fourth-order valence-electron chi connectivity index (χ4n) is 4.79. The maximum atomic E-state index is 13.5. The molecule has 3 aromatic rings. The molecule has 1 fully saturated rings. The molecule has 2 N–H and O–H groups in total. The van der Waals surface area contributed by atoms with E-state index in [4.69, 9.17) is 19.9 Å². The number of hydrogen-bond donors (Lipinski definition) is 2. The van der Waals surface area contributed by atoms with E-state index in [0.717, 1.165) is 50.0 Å². The Morgan fingerprint density at radius 2 is 1.50 bits per heavy atom. The van der Waals surface area contributed by atoms with Crippen molar-refractivity contribution < 1.29 is 37.3 Å². The second-order valence-corrected chi connectivity index (χ2v) is 9.41. The van der Waals surface area contributed by atoms with Gasteiger partial charge in [-0.1, -0.05) is 60.7 Å². The van der Waals surface area contributed by atoms with Crippen molar-refractivity contribution in [2.75, 3.05) is 26.2 Å². The molecule has 0 aliphatic carbocycles. The number of aliphatic carboxylic acids is 1. The van der Waals surface area contributed by atoms with Crippen molar-refractivity contribution in [3.63, 3.8) is 0 Å². The predicted molar refractivity (Wildman–Crippen MR) is 140 cm³/mol. The third-order valence-electron chi connectivity index (χ3n) is 6.74. The summed E-state index contributed by atoms with van der Waals surface area (Å²) in [6.45, 7) is 3.16. The number of halogens is 4. The van der Waals surface area contributed by atoms with Gasteiger partial charge in [0.2, 0.25) is 0 Å². The van der Waals surface area contributed by atoms with Crippen molar-refractivity contribution in [3.05, 3.63) is 101 Å². The Kier molecular flexibility index (Phi) is 10.6. The fraction of sp³-hybridized carbons (Fsp3) is 0.333. The molecule has 0 amide bonds. The Balaban J connectivity index is 0.000000559. The second-order valence-electron chi connectivity index (χ2n) is 9.41. The van der Waals surface area contributed by atoms with E-state index in [9.17, 15) is 22.7 Å². The highest BCUT2D eigenvalue weighted by Crippen LogP contribution is 2.41. The van der Waals surface area contributed by atoms with Crippen LogP contribution in [0.15, 0.2) is 78.9 Å². The van der Waals surface area contributed by atoms with Crippen LogP contribution in [0.2, 0.25) is 0 Å². The van der Waals surface area contributed by atoms with Crippen LogP contribution in [0.25, 0.3) is 0 Å². The lowest BCUT2D eigenvalue weighted by Gasteiger charge is -2.42. The van der Waals surface area contributed by atoms with Crippen LogP contribution in [0.1, 0.15) is 36.0 Å². The molecule has 10 heteroatoms. The van der Waals surface area contributed by atoms with Gasteiger partial charge < -0.3 is 19.8 Å². The van der Waals surface area contributed by atoms with Gasteiger partial charge in [0.05, 0.1) is 18.2 Å². The number of piperidine rings is 1. The van der Waals surface area contributed by atoms with E-state index < -0.39 is 23.6 Å². The Morgan fingerprint density at radius 1 is 0.975 bits per heavy atom. The van der Waals surface area contributed by atoms with Crippen molar-refractivity contribution in [2.24, 2.45) is 5.92 Å². The summed E-state index contributed by atoms with van der Waals surface area (Å²) < 4.78 is 50.9. The molecule has 0 saturated carbocycles. The predicted octanol–water partition coefficient (Wildman–Crippen LogP) is 5.75. The first-order valence-electron chi connectivity index (χ1n) is 12.7. The summed E-state index contributed by atoms with van der Waals surface area (Å²) in [5.74, 6) is -2.70. The van der Waals surface area contributed by atoms with Crippen LogP contribution in [0.3, 0.4) is 0 Å². The fourth-order valence-corrected chi connectivity index (χ4v) is 4.79. The van der Waals surface area contributed by atoms with Gasteiger partial charge in [-0.3, -0.25) is 0 Å². The zero-order valence-corrected chi connectivity index (χ0v) is 21.6. The molecule has 4 rings (SSSR count). The Hall–Kier alpha value is -3.94. The first-order valence-corrected chi connectivity index (χ1v) is 12.7. The van der Waals surface area contributed by atoms with E-state index in [1.807, 2.05) is 66.7 Å². The lowest BCUT2D eigenvalue weighted by Crippen LogP contribution is -2.44. The van der Waals surface area contributed by atoms with Gasteiger partial charge in [0.25, 0.3) is 0 Å². The minimum atomic E-state index is -5.08. The Labute approximate surface area is 230 Å².